The van der Waals surface area contributed by atoms with E-state index in [0.717, 1.165) is 36.8 Å². The molecule has 2 rings (SSSR count). The largest absolute Gasteiger partial charge is 0.311 e. The normalized spacial score (nSPS) is 17.4. The van der Waals surface area contributed by atoms with E-state index in [-0.39, 0.29) is 0 Å². The van der Waals surface area contributed by atoms with Gasteiger partial charge in [-0.15, -0.1) is 11.6 Å². The quantitative estimate of drug-likeness (QED) is 0.771. The summed E-state index contributed by atoms with van der Waals surface area (Å²) >= 11 is 5.80. The first-order valence-corrected chi connectivity index (χ1v) is 6.47. The second-order valence-corrected chi connectivity index (χ2v) is 5.19. The van der Waals surface area contributed by atoms with Gasteiger partial charge in [0.2, 0.25) is 0 Å². The third-order valence-corrected chi connectivity index (χ3v) is 3.52. The fourth-order valence-electron chi connectivity index (χ4n) is 2.05. The predicted octanol–water partition coefficient (Wildman–Crippen LogP) is 2.89. The number of rotatable bonds is 6. The van der Waals surface area contributed by atoms with E-state index in [1.165, 1.54) is 12.8 Å². The molecule has 88 valence electrons. The number of hydrogen-bond donors (Lipinski definition) is 1. The lowest BCUT2D eigenvalue weighted by Crippen LogP contribution is -2.24. The Labute approximate surface area is 102 Å². The van der Waals surface area contributed by atoms with Crippen LogP contribution in [0.5, 0.6) is 0 Å². The maximum absolute atomic E-state index is 5.80. The van der Waals surface area contributed by atoms with Gasteiger partial charge in [-0.2, -0.15) is 0 Å². The molecule has 0 radical (unpaired) electrons. The molecule has 1 aliphatic carbocycles. The van der Waals surface area contributed by atoms with Crippen LogP contribution in [0.4, 0.5) is 0 Å². The molecule has 1 aromatic rings. The smallest absolute Gasteiger partial charge is 0.0544 e. The van der Waals surface area contributed by atoms with Gasteiger partial charge in [0.05, 0.1) is 5.69 Å². The topological polar surface area (TPSA) is 24.9 Å². The van der Waals surface area contributed by atoms with E-state index in [1.807, 2.05) is 13.0 Å². The summed E-state index contributed by atoms with van der Waals surface area (Å²) in [6.45, 7) is 3.97. The molecule has 0 amide bonds. The Morgan fingerprint density at radius 1 is 1.44 bits per heavy atom. The first-order valence-electron chi connectivity index (χ1n) is 5.93. The Bertz CT molecular complexity index is 348. The molecule has 1 heterocycles. The van der Waals surface area contributed by atoms with Crippen LogP contribution in [0.3, 0.4) is 0 Å². The fourth-order valence-corrected chi connectivity index (χ4v) is 2.45. The summed E-state index contributed by atoms with van der Waals surface area (Å²) in [5.41, 5.74) is 2.72. The summed E-state index contributed by atoms with van der Waals surface area (Å²) in [6.07, 6.45) is 3.80. The maximum atomic E-state index is 5.80. The van der Waals surface area contributed by atoms with Crippen molar-refractivity contribution in [3.8, 4) is 0 Å². The molecule has 1 fully saturated rings. The zero-order valence-electron chi connectivity index (χ0n) is 9.80. The molecule has 0 saturated heterocycles. The molecular formula is C13H19ClN2. The van der Waals surface area contributed by atoms with Gasteiger partial charge in [-0.3, -0.25) is 4.98 Å². The summed E-state index contributed by atoms with van der Waals surface area (Å²) in [5, 5.41) is 3.50. The van der Waals surface area contributed by atoms with E-state index in [2.05, 4.69) is 22.4 Å². The number of aryl methyl sites for hydroxylation is 1. The van der Waals surface area contributed by atoms with Crippen molar-refractivity contribution in [2.75, 3.05) is 12.4 Å². The van der Waals surface area contributed by atoms with E-state index < -0.39 is 0 Å². The number of nitrogens with one attached hydrogen (secondary N) is 1. The first kappa shape index (κ1) is 11.9. The number of alkyl halides is 1. The van der Waals surface area contributed by atoms with Crippen LogP contribution in [-0.4, -0.2) is 17.4 Å². The molecule has 16 heavy (non-hydrogen) atoms. The predicted molar refractivity (Wildman–Crippen MR) is 67.7 cm³/mol. The van der Waals surface area contributed by atoms with Crippen molar-refractivity contribution in [3.63, 3.8) is 0 Å². The Hall–Kier alpha value is -0.600. The summed E-state index contributed by atoms with van der Waals surface area (Å²) in [5.74, 6) is 0.782. The van der Waals surface area contributed by atoms with Crippen LogP contribution < -0.4 is 5.32 Å². The van der Waals surface area contributed by atoms with Gasteiger partial charge in [0.25, 0.3) is 0 Å². The summed E-state index contributed by atoms with van der Waals surface area (Å²) in [6, 6.07) is 6.16. The van der Waals surface area contributed by atoms with Gasteiger partial charge in [0.1, 0.15) is 0 Å². The highest BCUT2D eigenvalue weighted by atomic mass is 35.5. The van der Waals surface area contributed by atoms with E-state index >= 15 is 0 Å². The lowest BCUT2D eigenvalue weighted by atomic mass is 10.0. The number of nitrogens with zero attached hydrogens (tertiary/aromatic N) is 1. The fraction of sp³-hybridized carbons (Fsp3) is 0.615. The Morgan fingerprint density at radius 3 is 2.88 bits per heavy atom. The number of pyridine rings is 1. The van der Waals surface area contributed by atoms with Crippen LogP contribution >= 0.6 is 11.6 Å². The first-order chi connectivity index (χ1) is 7.74. The van der Waals surface area contributed by atoms with Gasteiger partial charge in [0, 0.05) is 24.7 Å². The van der Waals surface area contributed by atoms with Gasteiger partial charge >= 0.3 is 0 Å². The van der Waals surface area contributed by atoms with E-state index in [9.17, 15) is 0 Å². The molecule has 0 aromatic carbocycles. The van der Waals surface area contributed by atoms with Crippen molar-refractivity contribution in [3.05, 3.63) is 29.6 Å². The monoisotopic (exact) mass is 238 g/mol. The van der Waals surface area contributed by atoms with E-state index in [1.54, 1.807) is 0 Å². The SMILES string of the molecule is Cc1cccc(CNCC2(CCCl)CC2)n1. The molecule has 1 N–H and O–H groups in total. The molecule has 1 aliphatic rings. The van der Waals surface area contributed by atoms with Gasteiger partial charge in [-0.05, 0) is 43.7 Å². The molecule has 0 bridgehead atoms. The number of halogens is 1. The zero-order chi connectivity index (χ0) is 11.4. The lowest BCUT2D eigenvalue weighted by molar-refractivity contribution is 0.444. The highest BCUT2D eigenvalue weighted by Gasteiger charge is 2.40. The second-order valence-electron chi connectivity index (χ2n) is 4.81. The van der Waals surface area contributed by atoms with Crippen LogP contribution in [0, 0.1) is 12.3 Å². The van der Waals surface area contributed by atoms with Crippen molar-refractivity contribution in [2.45, 2.75) is 32.7 Å². The van der Waals surface area contributed by atoms with Crippen molar-refractivity contribution in [2.24, 2.45) is 5.41 Å². The standard InChI is InChI=1S/C13H19ClN2/c1-11-3-2-4-12(16-11)9-15-10-13(5-6-13)7-8-14/h2-4,15H,5-10H2,1H3. The average Bonchev–Trinajstić information content (AvgIpc) is 2.99. The van der Waals surface area contributed by atoms with Gasteiger partial charge in [-0.1, -0.05) is 6.07 Å². The zero-order valence-corrected chi connectivity index (χ0v) is 10.6. The second kappa shape index (κ2) is 5.15. The van der Waals surface area contributed by atoms with Crippen molar-refractivity contribution >= 4 is 11.6 Å². The third-order valence-electron chi connectivity index (χ3n) is 3.33. The van der Waals surface area contributed by atoms with Gasteiger partial charge < -0.3 is 5.32 Å². The van der Waals surface area contributed by atoms with Crippen LogP contribution in [0.2, 0.25) is 0 Å². The highest BCUT2D eigenvalue weighted by molar-refractivity contribution is 6.17. The van der Waals surface area contributed by atoms with Crippen molar-refractivity contribution < 1.29 is 0 Å². The highest BCUT2D eigenvalue weighted by Crippen LogP contribution is 2.48. The summed E-state index contributed by atoms with van der Waals surface area (Å²) in [4.78, 5) is 4.47. The average molecular weight is 239 g/mol. The van der Waals surface area contributed by atoms with E-state index in [4.69, 9.17) is 11.6 Å². The Morgan fingerprint density at radius 2 is 2.25 bits per heavy atom. The molecular weight excluding hydrogens is 220 g/mol. The molecule has 0 spiro atoms. The maximum Gasteiger partial charge on any atom is 0.0544 e. The minimum absolute atomic E-state index is 0.506. The molecule has 0 aliphatic heterocycles. The minimum atomic E-state index is 0.506. The summed E-state index contributed by atoms with van der Waals surface area (Å²) < 4.78 is 0. The molecule has 0 atom stereocenters. The van der Waals surface area contributed by atoms with Crippen molar-refractivity contribution in [1.29, 1.82) is 0 Å². The summed E-state index contributed by atoms with van der Waals surface area (Å²) in [7, 11) is 0. The molecule has 1 saturated carbocycles. The number of aromatic nitrogens is 1. The number of hydrogen-bond acceptors (Lipinski definition) is 2. The van der Waals surface area contributed by atoms with Crippen LogP contribution in [0.1, 0.15) is 30.7 Å². The Kier molecular flexibility index (Phi) is 3.82. The van der Waals surface area contributed by atoms with Crippen LogP contribution in [0.15, 0.2) is 18.2 Å². The molecule has 3 heteroatoms. The lowest BCUT2D eigenvalue weighted by Gasteiger charge is -2.14. The molecule has 2 nitrogen and oxygen atoms in total. The van der Waals surface area contributed by atoms with Gasteiger partial charge in [0.15, 0.2) is 0 Å². The van der Waals surface area contributed by atoms with E-state index in [0.29, 0.717) is 5.41 Å². The Balaban J connectivity index is 1.76. The molecule has 0 unspecified atom stereocenters. The third kappa shape index (κ3) is 3.19. The van der Waals surface area contributed by atoms with Crippen molar-refractivity contribution in [1.82, 2.24) is 10.3 Å². The molecule has 1 aromatic heterocycles. The van der Waals surface area contributed by atoms with Crippen LogP contribution in [-0.2, 0) is 6.54 Å². The van der Waals surface area contributed by atoms with Gasteiger partial charge in [-0.25, -0.2) is 0 Å². The van der Waals surface area contributed by atoms with Crippen LogP contribution in [0.25, 0.3) is 0 Å². The minimum Gasteiger partial charge on any atom is -0.311 e.